The summed E-state index contributed by atoms with van der Waals surface area (Å²) in [5.74, 6) is -0.440. The molecule has 6 nitrogen and oxygen atoms in total. The fraction of sp³-hybridized carbons (Fsp3) is 0.455. The van der Waals surface area contributed by atoms with Gasteiger partial charge in [-0.15, -0.1) is 11.3 Å². The van der Waals surface area contributed by atoms with Crippen LogP contribution in [-0.4, -0.2) is 58.3 Å². The number of ether oxygens (including phenoxy) is 1. The van der Waals surface area contributed by atoms with Gasteiger partial charge in [-0.1, -0.05) is 30.3 Å². The lowest BCUT2D eigenvalue weighted by molar-refractivity contribution is -0.925. The molecule has 29 heavy (non-hydrogen) atoms. The number of esters is 1. The second kappa shape index (κ2) is 10.0. The van der Waals surface area contributed by atoms with E-state index in [4.69, 9.17) is 4.74 Å². The average Bonchev–Trinajstić information content (AvgIpc) is 2.87. The van der Waals surface area contributed by atoms with E-state index in [0.29, 0.717) is 23.7 Å². The number of carbonyl (C=O) groups excluding carboxylic acids is 2. The monoisotopic (exact) mass is 417 g/mol. The molecule has 1 aliphatic rings. The Hall–Kier alpha value is -2.22. The molecule has 0 aliphatic carbocycles. The summed E-state index contributed by atoms with van der Waals surface area (Å²) in [6.07, 6.45) is 1.12. The van der Waals surface area contributed by atoms with Gasteiger partial charge in [-0.2, -0.15) is 0 Å². The maximum Gasteiger partial charge on any atom is 0.341 e. The molecule has 1 aliphatic heterocycles. The zero-order chi connectivity index (χ0) is 20.8. The fourth-order valence-electron chi connectivity index (χ4n) is 3.84. The van der Waals surface area contributed by atoms with Crippen LogP contribution in [0.4, 0.5) is 5.00 Å². The summed E-state index contributed by atoms with van der Waals surface area (Å²) in [6.45, 7) is 8.71. The van der Waals surface area contributed by atoms with Gasteiger partial charge in [0.15, 0.2) is 6.54 Å². The second-order valence-electron chi connectivity index (χ2n) is 7.61. The molecule has 1 aromatic carbocycles. The minimum absolute atomic E-state index is 0.0500. The van der Waals surface area contributed by atoms with Crippen LogP contribution >= 0.6 is 11.3 Å². The Kier molecular flexibility index (Phi) is 7.41. The van der Waals surface area contributed by atoms with Crippen molar-refractivity contribution in [3.63, 3.8) is 0 Å². The van der Waals surface area contributed by atoms with Crippen molar-refractivity contribution in [2.24, 2.45) is 0 Å². The van der Waals surface area contributed by atoms with E-state index >= 15 is 0 Å². The maximum absolute atomic E-state index is 12.8. The number of rotatable bonds is 6. The van der Waals surface area contributed by atoms with Crippen molar-refractivity contribution >= 4 is 28.2 Å². The zero-order valence-electron chi connectivity index (χ0n) is 17.5. The lowest BCUT2D eigenvalue weighted by atomic mass is 10.0. The fourth-order valence-corrected chi connectivity index (χ4v) is 4.92. The molecule has 2 heterocycles. The van der Waals surface area contributed by atoms with Crippen molar-refractivity contribution < 1.29 is 24.1 Å². The van der Waals surface area contributed by atoms with Gasteiger partial charge in [-0.3, -0.25) is 4.79 Å². The van der Waals surface area contributed by atoms with Gasteiger partial charge in [0.1, 0.15) is 23.7 Å². The Morgan fingerprint density at radius 1 is 1.14 bits per heavy atom. The van der Waals surface area contributed by atoms with Crippen LogP contribution in [0, 0.1) is 6.92 Å². The molecule has 0 radical (unpaired) electrons. The largest absolute Gasteiger partial charge is 0.462 e. The maximum atomic E-state index is 12.8. The minimum atomic E-state index is -0.390. The summed E-state index contributed by atoms with van der Waals surface area (Å²) in [4.78, 5) is 29.3. The standard InChI is InChI=1S/C22H29N3O3S/c1-4-28-22(27)20-19(17-9-6-5-7-10-17)16(2)29-21(20)23-18(26)15-25-12-8-11-24(3)13-14-25/h5-7,9-10H,4,8,11-15H2,1-3H3,(H,23,26)/p+2. The van der Waals surface area contributed by atoms with Crippen LogP contribution in [-0.2, 0) is 9.53 Å². The molecule has 3 N–H and O–H groups in total. The van der Waals surface area contributed by atoms with E-state index in [1.165, 1.54) is 21.1 Å². The highest BCUT2D eigenvalue weighted by Crippen LogP contribution is 2.40. The van der Waals surface area contributed by atoms with Gasteiger partial charge in [-0.25, -0.2) is 4.79 Å². The van der Waals surface area contributed by atoms with Crippen molar-refractivity contribution in [3.05, 3.63) is 40.8 Å². The number of carbonyl (C=O) groups is 2. The number of benzene rings is 1. The first kappa shape index (κ1) is 21.5. The van der Waals surface area contributed by atoms with Crippen molar-refractivity contribution in [2.45, 2.75) is 20.3 Å². The van der Waals surface area contributed by atoms with Crippen molar-refractivity contribution in [2.75, 3.05) is 51.7 Å². The van der Waals surface area contributed by atoms with Crippen LogP contribution < -0.4 is 15.1 Å². The number of aryl methyl sites for hydroxylation is 1. The summed E-state index contributed by atoms with van der Waals surface area (Å²) in [5.41, 5.74) is 2.26. The second-order valence-corrected chi connectivity index (χ2v) is 8.83. The summed E-state index contributed by atoms with van der Waals surface area (Å²) in [6, 6.07) is 9.79. The third-order valence-corrected chi connectivity index (χ3v) is 6.35. The Bertz CT molecular complexity index is 850. The normalized spacial score (nSPS) is 19.4. The minimum Gasteiger partial charge on any atom is -0.462 e. The molecule has 1 fully saturated rings. The van der Waals surface area contributed by atoms with E-state index in [0.717, 1.165) is 48.6 Å². The predicted octanol–water partition coefficient (Wildman–Crippen LogP) is 0.642. The number of amides is 1. The zero-order valence-corrected chi connectivity index (χ0v) is 18.3. The van der Waals surface area contributed by atoms with E-state index in [-0.39, 0.29) is 5.91 Å². The number of hydrogen-bond donors (Lipinski definition) is 3. The van der Waals surface area contributed by atoms with Crippen molar-refractivity contribution in [1.29, 1.82) is 0 Å². The van der Waals surface area contributed by atoms with Crippen LogP contribution in [0.2, 0.25) is 0 Å². The van der Waals surface area contributed by atoms with E-state index < -0.39 is 5.97 Å². The molecule has 0 saturated carbocycles. The summed E-state index contributed by atoms with van der Waals surface area (Å²) in [5, 5.41) is 3.60. The Morgan fingerprint density at radius 3 is 2.62 bits per heavy atom. The number of thiophene rings is 1. The number of hydrogen-bond acceptors (Lipinski definition) is 4. The molecule has 2 atom stereocenters. The van der Waals surface area contributed by atoms with Gasteiger partial charge in [0.25, 0.3) is 5.91 Å². The van der Waals surface area contributed by atoms with E-state index in [2.05, 4.69) is 12.4 Å². The third kappa shape index (κ3) is 5.44. The van der Waals surface area contributed by atoms with Gasteiger partial charge in [0, 0.05) is 16.9 Å². The first-order valence-corrected chi connectivity index (χ1v) is 11.1. The topological polar surface area (TPSA) is 64.3 Å². The predicted molar refractivity (Wildman–Crippen MR) is 116 cm³/mol. The Labute approximate surface area is 176 Å². The lowest BCUT2D eigenvalue weighted by Crippen LogP contribution is -3.17. The lowest BCUT2D eigenvalue weighted by Gasteiger charge is -2.16. The highest BCUT2D eigenvalue weighted by Gasteiger charge is 2.27. The first-order chi connectivity index (χ1) is 14.0. The molecule has 1 saturated heterocycles. The van der Waals surface area contributed by atoms with E-state index in [1.807, 2.05) is 37.3 Å². The molecule has 0 bridgehead atoms. The van der Waals surface area contributed by atoms with Crippen LogP contribution in [0.15, 0.2) is 30.3 Å². The molecular formula is C22H31N3O3S+2. The smallest absolute Gasteiger partial charge is 0.341 e. The molecule has 7 heteroatoms. The molecule has 156 valence electrons. The van der Waals surface area contributed by atoms with Crippen LogP contribution in [0.1, 0.15) is 28.6 Å². The molecule has 1 aromatic heterocycles. The van der Waals surface area contributed by atoms with Gasteiger partial charge in [0.05, 0.1) is 26.7 Å². The third-order valence-electron chi connectivity index (χ3n) is 5.33. The average molecular weight is 418 g/mol. The van der Waals surface area contributed by atoms with Crippen molar-refractivity contribution in [3.8, 4) is 11.1 Å². The summed E-state index contributed by atoms with van der Waals surface area (Å²) in [7, 11) is 2.20. The number of likely N-dealkylation sites (N-methyl/N-ethyl adjacent to an activating group) is 1. The Morgan fingerprint density at radius 2 is 1.90 bits per heavy atom. The van der Waals surface area contributed by atoms with E-state index in [9.17, 15) is 9.59 Å². The first-order valence-electron chi connectivity index (χ1n) is 10.3. The van der Waals surface area contributed by atoms with Crippen LogP contribution in [0.5, 0.6) is 0 Å². The summed E-state index contributed by atoms with van der Waals surface area (Å²) < 4.78 is 5.31. The van der Waals surface area contributed by atoms with Crippen LogP contribution in [0.3, 0.4) is 0 Å². The van der Waals surface area contributed by atoms with Gasteiger partial charge in [-0.05, 0) is 19.4 Å². The van der Waals surface area contributed by atoms with Gasteiger partial charge < -0.3 is 19.9 Å². The number of nitrogens with one attached hydrogen (secondary N) is 3. The van der Waals surface area contributed by atoms with Crippen molar-refractivity contribution in [1.82, 2.24) is 0 Å². The summed E-state index contributed by atoms with van der Waals surface area (Å²) >= 11 is 1.44. The molecular weight excluding hydrogens is 386 g/mol. The molecule has 2 aromatic rings. The van der Waals surface area contributed by atoms with Gasteiger partial charge in [0.2, 0.25) is 0 Å². The Balaban J connectivity index is 1.83. The molecule has 0 spiro atoms. The molecule has 2 unspecified atom stereocenters. The van der Waals surface area contributed by atoms with Crippen LogP contribution in [0.25, 0.3) is 11.1 Å². The highest BCUT2D eigenvalue weighted by molar-refractivity contribution is 7.17. The van der Waals surface area contributed by atoms with E-state index in [1.54, 1.807) is 6.92 Å². The molecule has 3 rings (SSSR count). The van der Waals surface area contributed by atoms with Gasteiger partial charge >= 0.3 is 5.97 Å². The number of anilines is 1. The SMILES string of the molecule is CCOC(=O)c1c(NC(=O)C[NH+]2CCC[NH+](C)CC2)sc(C)c1-c1ccccc1. The molecule has 1 amide bonds. The quantitative estimate of drug-likeness (QED) is 0.605. The number of quaternary nitrogens is 2. The highest BCUT2D eigenvalue weighted by atomic mass is 32.1.